The topological polar surface area (TPSA) is 92.2 Å². The number of H-pyrrole nitrogens is 1. The highest BCUT2D eigenvalue weighted by Crippen LogP contribution is 2.10. The van der Waals surface area contributed by atoms with Crippen LogP contribution in [-0.2, 0) is 0 Å². The maximum absolute atomic E-state index is 11.7. The number of aryl methyl sites for hydroxylation is 1. The van der Waals surface area contributed by atoms with E-state index in [0.717, 1.165) is 16.3 Å². The fraction of sp³-hybridized carbons (Fsp3) is 0.0833. The quantitative estimate of drug-likeness (QED) is 0.808. The van der Waals surface area contributed by atoms with Crippen LogP contribution in [0.3, 0.4) is 0 Å². The van der Waals surface area contributed by atoms with Crippen molar-refractivity contribution in [2.75, 3.05) is 0 Å². The molecule has 0 aliphatic heterocycles. The molecule has 0 radical (unpaired) electrons. The predicted molar refractivity (Wildman–Crippen MR) is 64.4 cm³/mol. The van der Waals surface area contributed by atoms with E-state index in [1.807, 2.05) is 4.98 Å². The number of carboxylic acid groups (broad SMARTS) is 1. The minimum atomic E-state index is -1.38. The summed E-state index contributed by atoms with van der Waals surface area (Å²) >= 11 is 0. The first-order chi connectivity index (χ1) is 8.50. The van der Waals surface area contributed by atoms with Gasteiger partial charge in [-0.15, -0.1) is 0 Å². The van der Waals surface area contributed by atoms with Gasteiger partial charge in [0.25, 0.3) is 5.56 Å². The number of rotatable bonds is 2. The van der Waals surface area contributed by atoms with E-state index in [4.69, 9.17) is 5.11 Å². The minimum Gasteiger partial charge on any atom is -0.477 e. The van der Waals surface area contributed by atoms with Crippen molar-refractivity contribution in [2.45, 2.75) is 6.92 Å². The molecule has 0 aliphatic carbocycles. The third-order valence-corrected chi connectivity index (χ3v) is 2.55. The summed E-state index contributed by atoms with van der Waals surface area (Å²) in [7, 11) is 0. The molecular formula is C12H10N2O4. The van der Waals surface area contributed by atoms with Gasteiger partial charge in [-0.2, -0.15) is 0 Å². The number of nitrogens with one attached hydrogen (secondary N) is 1. The molecule has 18 heavy (non-hydrogen) atoms. The summed E-state index contributed by atoms with van der Waals surface area (Å²) in [6.45, 7) is 1.79. The minimum absolute atomic E-state index is 0.474. The van der Waals surface area contributed by atoms with Crippen LogP contribution >= 0.6 is 0 Å². The van der Waals surface area contributed by atoms with Crippen molar-refractivity contribution in [3.8, 4) is 5.69 Å². The Morgan fingerprint density at radius 1 is 1.28 bits per heavy atom. The molecular weight excluding hydrogens is 236 g/mol. The maximum Gasteiger partial charge on any atom is 0.342 e. The van der Waals surface area contributed by atoms with Gasteiger partial charge in [0.05, 0.1) is 5.69 Å². The highest BCUT2D eigenvalue weighted by Gasteiger charge is 2.12. The molecule has 2 aromatic rings. The van der Waals surface area contributed by atoms with E-state index in [1.54, 1.807) is 31.2 Å². The van der Waals surface area contributed by atoms with Crippen LogP contribution in [0.4, 0.5) is 0 Å². The number of carboxylic acids is 1. The van der Waals surface area contributed by atoms with Crippen LogP contribution < -0.4 is 11.2 Å². The molecule has 1 aromatic carbocycles. The molecule has 6 nitrogen and oxygen atoms in total. The number of hydrogen-bond acceptors (Lipinski definition) is 3. The Labute approximate surface area is 101 Å². The summed E-state index contributed by atoms with van der Waals surface area (Å²) in [5, 5.41) is 8.86. The van der Waals surface area contributed by atoms with Crippen molar-refractivity contribution in [3.63, 3.8) is 0 Å². The van der Waals surface area contributed by atoms with E-state index >= 15 is 0 Å². The third kappa shape index (κ3) is 1.95. The number of benzene rings is 1. The first-order valence-electron chi connectivity index (χ1n) is 5.16. The van der Waals surface area contributed by atoms with Gasteiger partial charge in [-0.05, 0) is 18.6 Å². The van der Waals surface area contributed by atoms with Gasteiger partial charge in [0.1, 0.15) is 5.56 Å². The fourth-order valence-corrected chi connectivity index (χ4v) is 1.64. The Kier molecular flexibility index (Phi) is 2.85. The third-order valence-electron chi connectivity index (χ3n) is 2.55. The van der Waals surface area contributed by atoms with Gasteiger partial charge < -0.3 is 5.11 Å². The van der Waals surface area contributed by atoms with Gasteiger partial charge in [-0.1, -0.05) is 18.2 Å². The van der Waals surface area contributed by atoms with Crippen LogP contribution in [0.2, 0.25) is 0 Å². The number of nitrogens with zero attached hydrogens (tertiary/aromatic N) is 1. The first kappa shape index (κ1) is 11.8. The summed E-state index contributed by atoms with van der Waals surface area (Å²) in [4.78, 5) is 35.8. The van der Waals surface area contributed by atoms with E-state index in [1.165, 1.54) is 0 Å². The van der Waals surface area contributed by atoms with Crippen LogP contribution in [0.15, 0.2) is 40.1 Å². The van der Waals surface area contributed by atoms with Crippen molar-refractivity contribution < 1.29 is 9.90 Å². The van der Waals surface area contributed by atoms with Gasteiger partial charge >= 0.3 is 11.7 Å². The maximum atomic E-state index is 11.7. The lowest BCUT2D eigenvalue weighted by atomic mass is 10.2. The van der Waals surface area contributed by atoms with Gasteiger partial charge in [-0.25, -0.2) is 9.59 Å². The van der Waals surface area contributed by atoms with Gasteiger partial charge in [-0.3, -0.25) is 14.3 Å². The molecule has 2 rings (SSSR count). The van der Waals surface area contributed by atoms with E-state index in [9.17, 15) is 14.4 Å². The van der Waals surface area contributed by atoms with E-state index < -0.39 is 22.8 Å². The molecule has 0 amide bonds. The zero-order chi connectivity index (χ0) is 13.3. The van der Waals surface area contributed by atoms with E-state index in [-0.39, 0.29) is 0 Å². The molecule has 0 aliphatic rings. The molecule has 0 saturated carbocycles. The average Bonchev–Trinajstić information content (AvgIpc) is 2.30. The second-order valence-corrected chi connectivity index (χ2v) is 3.76. The highest BCUT2D eigenvalue weighted by molar-refractivity contribution is 5.86. The fourth-order valence-electron chi connectivity index (χ4n) is 1.64. The molecule has 2 N–H and O–H groups in total. The van der Waals surface area contributed by atoms with Crippen LogP contribution in [0.25, 0.3) is 5.69 Å². The normalized spacial score (nSPS) is 10.3. The summed E-state index contributed by atoms with van der Waals surface area (Å²) < 4.78 is 1.11. The summed E-state index contributed by atoms with van der Waals surface area (Å²) in [6.07, 6.45) is 1.03. The Morgan fingerprint density at radius 3 is 2.56 bits per heavy atom. The first-order valence-corrected chi connectivity index (χ1v) is 5.16. The Hall–Kier alpha value is -2.63. The molecule has 92 valence electrons. The van der Waals surface area contributed by atoms with Crippen LogP contribution in [0.5, 0.6) is 0 Å². The largest absolute Gasteiger partial charge is 0.477 e. The Bertz CT molecular complexity index is 727. The predicted octanol–water partition coefficient (Wildman–Crippen LogP) is 0.532. The molecule has 0 unspecified atom stereocenters. The number of hydrogen-bond donors (Lipinski definition) is 2. The SMILES string of the molecule is Cc1ccccc1-n1cc(C(=O)O)c(=O)[nH]c1=O. The lowest BCUT2D eigenvalue weighted by molar-refractivity contribution is 0.0694. The molecule has 0 saturated heterocycles. The Morgan fingerprint density at radius 2 is 1.94 bits per heavy atom. The van der Waals surface area contributed by atoms with Crippen molar-refractivity contribution in [2.24, 2.45) is 0 Å². The molecule has 0 spiro atoms. The van der Waals surface area contributed by atoms with Gasteiger partial charge in [0.2, 0.25) is 0 Å². The van der Waals surface area contributed by atoms with Crippen molar-refractivity contribution in [3.05, 3.63) is 62.4 Å². The summed E-state index contributed by atoms with van der Waals surface area (Å²) in [5.74, 6) is -1.38. The number of aromatic amines is 1. The molecule has 0 bridgehead atoms. The highest BCUT2D eigenvalue weighted by atomic mass is 16.4. The average molecular weight is 246 g/mol. The van der Waals surface area contributed by atoms with Crippen molar-refractivity contribution >= 4 is 5.97 Å². The van der Waals surface area contributed by atoms with Crippen LogP contribution in [0.1, 0.15) is 15.9 Å². The van der Waals surface area contributed by atoms with Gasteiger partial charge in [0, 0.05) is 6.20 Å². The smallest absolute Gasteiger partial charge is 0.342 e. The van der Waals surface area contributed by atoms with Crippen molar-refractivity contribution in [1.82, 2.24) is 9.55 Å². The number of carbonyl (C=O) groups is 1. The monoisotopic (exact) mass is 246 g/mol. The zero-order valence-corrected chi connectivity index (χ0v) is 9.51. The second kappa shape index (κ2) is 4.33. The number of aromatic carboxylic acids is 1. The molecule has 6 heteroatoms. The zero-order valence-electron chi connectivity index (χ0n) is 9.51. The molecule has 1 aromatic heterocycles. The molecule has 0 atom stereocenters. The summed E-state index contributed by atoms with van der Waals surface area (Å²) in [5.41, 5.74) is -0.723. The standard InChI is InChI=1S/C12H10N2O4/c1-7-4-2-3-5-9(7)14-6-8(11(16)17)10(15)13-12(14)18/h2-6H,1H3,(H,16,17)(H,13,15,18). The Balaban J connectivity index is 2.77. The lowest BCUT2D eigenvalue weighted by Crippen LogP contribution is -2.32. The molecule has 1 heterocycles. The number of aromatic nitrogens is 2. The van der Waals surface area contributed by atoms with Crippen LogP contribution in [-0.4, -0.2) is 20.6 Å². The number of para-hydroxylation sites is 1. The van der Waals surface area contributed by atoms with E-state index in [0.29, 0.717) is 5.69 Å². The van der Waals surface area contributed by atoms with Crippen molar-refractivity contribution in [1.29, 1.82) is 0 Å². The van der Waals surface area contributed by atoms with Gasteiger partial charge in [0.15, 0.2) is 0 Å². The molecule has 0 fully saturated rings. The lowest BCUT2D eigenvalue weighted by Gasteiger charge is -2.08. The second-order valence-electron chi connectivity index (χ2n) is 3.76. The van der Waals surface area contributed by atoms with E-state index in [2.05, 4.69) is 0 Å². The summed E-state index contributed by atoms with van der Waals surface area (Å²) in [6, 6.07) is 6.97. The van der Waals surface area contributed by atoms with Crippen LogP contribution in [0, 0.1) is 6.92 Å².